The van der Waals surface area contributed by atoms with Crippen molar-refractivity contribution in [2.75, 3.05) is 9.80 Å². The van der Waals surface area contributed by atoms with Crippen LogP contribution in [0, 0.1) is 13.8 Å². The average molecular weight is 753 g/mol. The number of benzene rings is 9. The summed E-state index contributed by atoms with van der Waals surface area (Å²) in [7, 11) is 0. The van der Waals surface area contributed by atoms with Crippen LogP contribution < -0.4 is 9.80 Å². The standard InChI is InChI=1S/C52H36N2S2/c1-33-15-11-17-35(31-33)53(45-27-13-25-43-37-19-7-9-29-47(37)55-51(43)45)49-39-21-3-5-23-41(39)50(42-24-6-4-22-40(42)49)54(36-18-12-16-34(2)32-36)46-28-14-26-44-38-20-8-10-30-48(38)56-52(44)46/h3-32H,1-2H3. The molecular weight excluding hydrogens is 717 g/mol. The minimum Gasteiger partial charge on any atom is -0.308 e. The first-order valence-electron chi connectivity index (χ1n) is 19.1. The molecule has 0 bridgehead atoms. The summed E-state index contributed by atoms with van der Waals surface area (Å²) in [6.07, 6.45) is 0. The van der Waals surface area contributed by atoms with Gasteiger partial charge in [0.15, 0.2) is 0 Å². The highest BCUT2D eigenvalue weighted by molar-refractivity contribution is 7.26. The summed E-state index contributed by atoms with van der Waals surface area (Å²) in [6.45, 7) is 4.38. The molecule has 11 aromatic rings. The molecule has 0 spiro atoms. The van der Waals surface area contributed by atoms with Gasteiger partial charge in [-0.05, 0) is 73.5 Å². The third-order valence-electron chi connectivity index (χ3n) is 11.1. The van der Waals surface area contributed by atoms with Crippen molar-refractivity contribution in [1.82, 2.24) is 0 Å². The largest absolute Gasteiger partial charge is 0.308 e. The third-order valence-corrected chi connectivity index (χ3v) is 13.5. The van der Waals surface area contributed by atoms with Crippen LogP contribution in [-0.4, -0.2) is 0 Å². The van der Waals surface area contributed by atoms with Crippen LogP contribution in [0.5, 0.6) is 0 Å². The molecule has 0 saturated carbocycles. The summed E-state index contributed by atoms with van der Waals surface area (Å²) < 4.78 is 5.16. The molecule has 0 aliphatic rings. The van der Waals surface area contributed by atoms with E-state index in [1.807, 2.05) is 22.7 Å². The summed E-state index contributed by atoms with van der Waals surface area (Å²) in [5.41, 5.74) is 9.46. The van der Waals surface area contributed by atoms with E-state index in [9.17, 15) is 0 Å². The smallest absolute Gasteiger partial charge is 0.0640 e. The molecular formula is C52H36N2S2. The topological polar surface area (TPSA) is 6.48 Å². The van der Waals surface area contributed by atoms with Gasteiger partial charge in [0, 0.05) is 63.9 Å². The van der Waals surface area contributed by atoms with Crippen molar-refractivity contribution in [3.05, 3.63) is 193 Å². The van der Waals surface area contributed by atoms with Crippen LogP contribution in [0.4, 0.5) is 34.1 Å². The molecule has 2 heterocycles. The van der Waals surface area contributed by atoms with E-state index in [2.05, 4.69) is 206 Å². The second-order valence-electron chi connectivity index (χ2n) is 14.6. The zero-order chi connectivity index (χ0) is 37.3. The minimum absolute atomic E-state index is 1.14. The highest BCUT2D eigenvalue weighted by Gasteiger charge is 2.28. The summed E-state index contributed by atoms with van der Waals surface area (Å²) >= 11 is 3.76. The predicted molar refractivity (Wildman–Crippen MR) is 246 cm³/mol. The molecule has 0 unspecified atom stereocenters. The Kier molecular flexibility index (Phi) is 7.70. The molecule has 0 amide bonds. The Hall–Kier alpha value is -6.46. The summed E-state index contributed by atoms with van der Waals surface area (Å²) in [4.78, 5) is 5.06. The second-order valence-corrected chi connectivity index (χ2v) is 16.7. The van der Waals surface area contributed by atoms with Crippen molar-refractivity contribution in [3.8, 4) is 0 Å². The molecule has 11 rings (SSSR count). The number of thiophene rings is 2. The van der Waals surface area contributed by atoms with Crippen LogP contribution in [0.15, 0.2) is 182 Å². The van der Waals surface area contributed by atoms with E-state index in [0.717, 1.165) is 11.4 Å². The molecule has 2 nitrogen and oxygen atoms in total. The Bertz CT molecular complexity index is 3040. The zero-order valence-corrected chi connectivity index (χ0v) is 32.7. The van der Waals surface area contributed by atoms with Crippen LogP contribution >= 0.6 is 22.7 Å². The minimum atomic E-state index is 1.14. The SMILES string of the molecule is Cc1cccc(N(c2c3ccccc3c(N(c3cccc(C)c3)c3cccc4c3sc3ccccc34)c3ccccc23)c2cccc3c2sc2ccccc23)c1. The summed E-state index contributed by atoms with van der Waals surface area (Å²) in [6, 6.07) is 67.2. The van der Waals surface area contributed by atoms with Crippen molar-refractivity contribution in [2.45, 2.75) is 13.8 Å². The van der Waals surface area contributed by atoms with E-state index in [-0.39, 0.29) is 0 Å². The van der Waals surface area contributed by atoms with E-state index in [1.54, 1.807) is 0 Å². The van der Waals surface area contributed by atoms with Gasteiger partial charge in [-0.15, -0.1) is 22.7 Å². The van der Waals surface area contributed by atoms with Crippen molar-refractivity contribution >= 4 is 119 Å². The van der Waals surface area contributed by atoms with Crippen LogP contribution in [-0.2, 0) is 0 Å². The number of rotatable bonds is 6. The van der Waals surface area contributed by atoms with Crippen LogP contribution in [0.1, 0.15) is 11.1 Å². The molecule has 0 fully saturated rings. The average Bonchev–Trinajstić information content (AvgIpc) is 3.81. The van der Waals surface area contributed by atoms with Crippen LogP contribution in [0.3, 0.4) is 0 Å². The maximum absolute atomic E-state index is 2.53. The summed E-state index contributed by atoms with van der Waals surface area (Å²) in [5, 5.41) is 9.95. The van der Waals surface area contributed by atoms with Gasteiger partial charge in [0.2, 0.25) is 0 Å². The molecule has 0 atom stereocenters. The van der Waals surface area contributed by atoms with E-state index < -0.39 is 0 Å². The van der Waals surface area contributed by atoms with Crippen molar-refractivity contribution < 1.29 is 0 Å². The molecule has 0 aliphatic heterocycles. The zero-order valence-electron chi connectivity index (χ0n) is 31.0. The fourth-order valence-electron chi connectivity index (χ4n) is 8.69. The van der Waals surface area contributed by atoms with Gasteiger partial charge in [-0.25, -0.2) is 0 Å². The van der Waals surface area contributed by atoms with E-state index >= 15 is 0 Å². The number of hydrogen-bond donors (Lipinski definition) is 0. The van der Waals surface area contributed by atoms with Crippen molar-refractivity contribution in [3.63, 3.8) is 0 Å². The maximum Gasteiger partial charge on any atom is 0.0640 e. The first-order chi connectivity index (χ1) is 27.6. The monoisotopic (exact) mass is 752 g/mol. The van der Waals surface area contributed by atoms with Gasteiger partial charge in [0.05, 0.1) is 32.1 Å². The van der Waals surface area contributed by atoms with Gasteiger partial charge in [-0.3, -0.25) is 0 Å². The Balaban J connectivity index is 1.28. The van der Waals surface area contributed by atoms with Crippen molar-refractivity contribution in [1.29, 1.82) is 0 Å². The molecule has 2 aromatic heterocycles. The van der Waals surface area contributed by atoms with Gasteiger partial charge < -0.3 is 9.80 Å². The van der Waals surface area contributed by atoms with Gasteiger partial charge in [-0.1, -0.05) is 133 Å². The Morgan fingerprint density at radius 3 is 1.05 bits per heavy atom. The number of nitrogens with zero attached hydrogens (tertiary/aromatic N) is 2. The van der Waals surface area contributed by atoms with Crippen LogP contribution in [0.2, 0.25) is 0 Å². The normalized spacial score (nSPS) is 11.8. The Morgan fingerprint density at radius 2 is 0.661 bits per heavy atom. The lowest BCUT2D eigenvalue weighted by Gasteiger charge is -2.33. The molecule has 56 heavy (non-hydrogen) atoms. The van der Waals surface area contributed by atoms with Crippen molar-refractivity contribution in [2.24, 2.45) is 0 Å². The van der Waals surface area contributed by atoms with E-state index in [0.29, 0.717) is 0 Å². The Labute approximate surface area is 333 Å². The summed E-state index contributed by atoms with van der Waals surface area (Å²) in [5.74, 6) is 0. The third kappa shape index (κ3) is 5.14. The lowest BCUT2D eigenvalue weighted by Crippen LogP contribution is -2.15. The maximum atomic E-state index is 2.53. The van der Waals surface area contributed by atoms with Gasteiger partial charge in [-0.2, -0.15) is 0 Å². The first-order valence-corrected chi connectivity index (χ1v) is 20.7. The lowest BCUT2D eigenvalue weighted by molar-refractivity contribution is 1.30. The lowest BCUT2D eigenvalue weighted by atomic mass is 9.95. The molecule has 4 heteroatoms. The van der Waals surface area contributed by atoms with Gasteiger partial charge in [0.25, 0.3) is 0 Å². The fraction of sp³-hybridized carbons (Fsp3) is 0.0385. The van der Waals surface area contributed by atoms with Gasteiger partial charge >= 0.3 is 0 Å². The molecule has 0 N–H and O–H groups in total. The predicted octanol–water partition coefficient (Wildman–Crippen LogP) is 16.3. The quantitative estimate of drug-likeness (QED) is 0.123. The fourth-order valence-corrected chi connectivity index (χ4v) is 11.1. The number of aryl methyl sites for hydroxylation is 2. The number of hydrogen-bond acceptors (Lipinski definition) is 4. The highest BCUT2D eigenvalue weighted by Crippen LogP contribution is 2.54. The molecule has 0 aliphatic carbocycles. The molecule has 266 valence electrons. The molecule has 0 radical (unpaired) electrons. The van der Waals surface area contributed by atoms with E-state index in [4.69, 9.17) is 0 Å². The Morgan fingerprint density at radius 1 is 0.321 bits per heavy atom. The molecule has 9 aromatic carbocycles. The second kappa shape index (κ2) is 13.1. The van der Waals surface area contributed by atoms with Crippen LogP contribution in [0.25, 0.3) is 61.9 Å². The van der Waals surface area contributed by atoms with E-state index in [1.165, 1.54) is 95.8 Å². The highest BCUT2D eigenvalue weighted by atomic mass is 32.1. The first kappa shape index (κ1) is 32.9. The van der Waals surface area contributed by atoms with Gasteiger partial charge in [0.1, 0.15) is 0 Å². The number of anilines is 6. The number of fused-ring (bicyclic) bond motifs is 8. The molecule has 0 saturated heterocycles.